The summed E-state index contributed by atoms with van der Waals surface area (Å²) in [4.78, 5) is 11.4. The van der Waals surface area contributed by atoms with E-state index < -0.39 is 0 Å². The van der Waals surface area contributed by atoms with Crippen molar-refractivity contribution in [3.63, 3.8) is 0 Å². The molecule has 120 valence electrons. The molecule has 2 aromatic rings. The molecule has 4 rings (SSSR count). The van der Waals surface area contributed by atoms with Gasteiger partial charge in [-0.05, 0) is 92.3 Å². The summed E-state index contributed by atoms with van der Waals surface area (Å²) in [6, 6.07) is 8.64. The Kier molecular flexibility index (Phi) is 4.39. The minimum Gasteiger partial charge on any atom is -0.294 e. The van der Waals surface area contributed by atoms with Crippen molar-refractivity contribution in [2.75, 3.05) is 0 Å². The van der Waals surface area contributed by atoms with Gasteiger partial charge in [-0.1, -0.05) is 24.3 Å². The average molecular weight is 306 g/mol. The van der Waals surface area contributed by atoms with E-state index in [9.17, 15) is 4.79 Å². The number of ketones is 1. The van der Waals surface area contributed by atoms with Crippen LogP contribution >= 0.6 is 0 Å². The zero-order valence-corrected chi connectivity index (χ0v) is 14.8. The molecule has 0 atom stereocenters. The molecule has 0 aliphatic heterocycles. The van der Waals surface area contributed by atoms with Gasteiger partial charge in [-0.2, -0.15) is 0 Å². The molecule has 0 unspecified atom stereocenters. The first-order valence-corrected chi connectivity index (χ1v) is 8.69. The van der Waals surface area contributed by atoms with E-state index in [0.29, 0.717) is 12.2 Å². The number of aryl methyl sites for hydroxylation is 4. The van der Waals surface area contributed by atoms with Crippen LogP contribution in [0.2, 0.25) is 0 Å². The number of hydrogen-bond donors (Lipinski definition) is 0. The molecule has 0 saturated carbocycles. The summed E-state index contributed by atoms with van der Waals surface area (Å²) >= 11 is 0. The Hall–Kier alpha value is -1.89. The number of benzene rings is 2. The molecular formula is C22H26O. The molecule has 0 radical (unpaired) electrons. The Labute approximate surface area is 139 Å². The van der Waals surface area contributed by atoms with Crippen LogP contribution in [-0.4, -0.2) is 5.78 Å². The molecule has 0 amide bonds. The van der Waals surface area contributed by atoms with Crippen LogP contribution in [-0.2, 0) is 19.3 Å². The van der Waals surface area contributed by atoms with E-state index in [1.807, 2.05) is 13.0 Å². The molecule has 0 bridgehead atoms. The Bertz CT molecular complexity index is 739. The van der Waals surface area contributed by atoms with Gasteiger partial charge in [0.15, 0.2) is 5.78 Å². The van der Waals surface area contributed by atoms with Crippen molar-refractivity contribution < 1.29 is 4.79 Å². The van der Waals surface area contributed by atoms with Crippen molar-refractivity contribution in [2.24, 2.45) is 0 Å². The normalized spacial score (nSPS) is 15.0. The molecule has 0 heterocycles. The van der Waals surface area contributed by atoms with Gasteiger partial charge in [-0.25, -0.2) is 0 Å². The lowest BCUT2D eigenvalue weighted by Gasteiger charge is -2.05. The second-order valence-corrected chi connectivity index (χ2v) is 6.99. The van der Waals surface area contributed by atoms with Crippen molar-refractivity contribution >= 4 is 5.78 Å². The van der Waals surface area contributed by atoms with Crippen LogP contribution in [0, 0.1) is 27.7 Å². The highest BCUT2D eigenvalue weighted by Gasteiger charge is 2.22. The van der Waals surface area contributed by atoms with Gasteiger partial charge >= 0.3 is 0 Å². The summed E-state index contributed by atoms with van der Waals surface area (Å²) in [6.45, 7) is 8.55. The van der Waals surface area contributed by atoms with Gasteiger partial charge in [0, 0.05) is 12.0 Å². The Morgan fingerprint density at radius 2 is 1.09 bits per heavy atom. The van der Waals surface area contributed by atoms with Crippen LogP contribution in [0.5, 0.6) is 0 Å². The van der Waals surface area contributed by atoms with Crippen LogP contribution in [0.1, 0.15) is 62.1 Å². The average Bonchev–Trinajstić information content (AvgIpc) is 3.16. The monoisotopic (exact) mass is 306 g/mol. The van der Waals surface area contributed by atoms with Crippen molar-refractivity contribution in [1.82, 2.24) is 0 Å². The standard InChI is InChI=1S/C11H12O.C11H14/c1-7-3-4-8(2)11-9(7)5-6-10(11)12;1-8-6-7-9(2)11-5-3-4-10(8)11/h3-4H,5-6H2,1-2H3;6-7H,3-5H2,1-2H3. The van der Waals surface area contributed by atoms with Gasteiger partial charge in [-0.15, -0.1) is 0 Å². The van der Waals surface area contributed by atoms with E-state index in [4.69, 9.17) is 0 Å². The highest BCUT2D eigenvalue weighted by atomic mass is 16.1. The van der Waals surface area contributed by atoms with Crippen LogP contribution in [0.25, 0.3) is 0 Å². The number of rotatable bonds is 0. The van der Waals surface area contributed by atoms with E-state index in [1.54, 1.807) is 11.1 Å². The second kappa shape index (κ2) is 6.31. The molecule has 0 fully saturated rings. The van der Waals surface area contributed by atoms with E-state index in [1.165, 1.54) is 41.5 Å². The lowest BCUT2D eigenvalue weighted by atomic mass is 10.00. The topological polar surface area (TPSA) is 17.1 Å². The van der Waals surface area contributed by atoms with Crippen LogP contribution in [0.15, 0.2) is 24.3 Å². The quantitative estimate of drug-likeness (QED) is 0.652. The molecule has 2 aliphatic rings. The van der Waals surface area contributed by atoms with Gasteiger partial charge in [0.2, 0.25) is 0 Å². The van der Waals surface area contributed by atoms with Crippen molar-refractivity contribution in [1.29, 1.82) is 0 Å². The van der Waals surface area contributed by atoms with Gasteiger partial charge in [0.1, 0.15) is 0 Å². The summed E-state index contributed by atoms with van der Waals surface area (Å²) in [5, 5.41) is 0. The molecule has 0 aromatic heterocycles. The Balaban J connectivity index is 0.000000136. The van der Waals surface area contributed by atoms with E-state index in [-0.39, 0.29) is 0 Å². The fourth-order valence-electron chi connectivity index (χ4n) is 4.01. The Morgan fingerprint density at radius 1 is 0.609 bits per heavy atom. The predicted molar refractivity (Wildman–Crippen MR) is 96.5 cm³/mol. The molecule has 2 aliphatic carbocycles. The lowest BCUT2D eigenvalue weighted by Crippen LogP contribution is -1.96. The summed E-state index contributed by atoms with van der Waals surface area (Å²) in [5.41, 5.74) is 10.9. The third kappa shape index (κ3) is 2.97. The first-order chi connectivity index (χ1) is 11.0. The van der Waals surface area contributed by atoms with E-state index in [0.717, 1.165) is 17.5 Å². The highest BCUT2D eigenvalue weighted by molar-refractivity contribution is 6.02. The van der Waals surface area contributed by atoms with Gasteiger partial charge in [0.25, 0.3) is 0 Å². The third-order valence-electron chi connectivity index (χ3n) is 5.39. The maximum Gasteiger partial charge on any atom is 0.163 e. The summed E-state index contributed by atoms with van der Waals surface area (Å²) in [6.07, 6.45) is 5.63. The third-order valence-corrected chi connectivity index (χ3v) is 5.39. The largest absolute Gasteiger partial charge is 0.294 e. The first-order valence-electron chi connectivity index (χ1n) is 8.69. The van der Waals surface area contributed by atoms with Crippen LogP contribution < -0.4 is 0 Å². The van der Waals surface area contributed by atoms with Crippen molar-refractivity contribution in [3.8, 4) is 0 Å². The summed E-state index contributed by atoms with van der Waals surface area (Å²) < 4.78 is 0. The number of hydrogen-bond acceptors (Lipinski definition) is 1. The zero-order valence-electron chi connectivity index (χ0n) is 14.8. The second-order valence-electron chi connectivity index (χ2n) is 6.99. The molecule has 0 N–H and O–H groups in total. The first kappa shape index (κ1) is 16.0. The molecular weight excluding hydrogens is 280 g/mol. The molecule has 0 spiro atoms. The number of carbonyl (C=O) groups excluding carboxylic acids is 1. The fraction of sp³-hybridized carbons (Fsp3) is 0.409. The number of fused-ring (bicyclic) bond motifs is 2. The van der Waals surface area contributed by atoms with Crippen molar-refractivity contribution in [3.05, 3.63) is 68.8 Å². The zero-order chi connectivity index (χ0) is 16.6. The molecule has 1 nitrogen and oxygen atoms in total. The molecule has 23 heavy (non-hydrogen) atoms. The van der Waals surface area contributed by atoms with Crippen LogP contribution in [0.4, 0.5) is 0 Å². The van der Waals surface area contributed by atoms with E-state index in [2.05, 4.69) is 39.0 Å². The van der Waals surface area contributed by atoms with Gasteiger partial charge in [-0.3, -0.25) is 4.79 Å². The lowest BCUT2D eigenvalue weighted by molar-refractivity contribution is 0.0994. The number of Topliss-reactive ketones (excluding diaryl/α,β-unsaturated/α-hetero) is 1. The minimum atomic E-state index is 0.325. The SMILES string of the molecule is Cc1ccc(C)c2c1CCC2.Cc1ccc(C)c2c1CCC2=O. The maximum absolute atomic E-state index is 11.4. The Morgan fingerprint density at radius 3 is 1.61 bits per heavy atom. The highest BCUT2D eigenvalue weighted by Crippen LogP contribution is 2.28. The summed E-state index contributed by atoms with van der Waals surface area (Å²) in [7, 11) is 0. The summed E-state index contributed by atoms with van der Waals surface area (Å²) in [5.74, 6) is 0.325. The molecule has 2 aromatic carbocycles. The van der Waals surface area contributed by atoms with Gasteiger partial charge < -0.3 is 0 Å². The van der Waals surface area contributed by atoms with Crippen molar-refractivity contribution in [2.45, 2.75) is 59.8 Å². The molecule has 1 heteroatoms. The fourth-order valence-corrected chi connectivity index (χ4v) is 4.01. The van der Waals surface area contributed by atoms with Crippen LogP contribution in [0.3, 0.4) is 0 Å². The predicted octanol–water partition coefficient (Wildman–Crippen LogP) is 5.22. The minimum absolute atomic E-state index is 0.325. The number of carbonyl (C=O) groups is 1. The van der Waals surface area contributed by atoms with E-state index >= 15 is 0 Å². The smallest absolute Gasteiger partial charge is 0.163 e. The maximum atomic E-state index is 11.4. The van der Waals surface area contributed by atoms with Gasteiger partial charge in [0.05, 0.1) is 0 Å². The molecule has 0 saturated heterocycles.